The average Bonchev–Trinajstić information content (AvgIpc) is 2.58. The Kier molecular flexibility index (Phi) is 5.51. The molecule has 2 rings (SSSR count). The molecule has 0 radical (unpaired) electrons. The number of hydrogen-bond acceptors (Lipinski definition) is 4. The van der Waals surface area contributed by atoms with Crippen LogP contribution in [0.25, 0.3) is 11.0 Å². The molecule has 1 heterocycles. The summed E-state index contributed by atoms with van der Waals surface area (Å²) in [5.74, 6) is 0. The number of carbonyl (C=O) groups excluding carboxylic acids is 1. The number of hydrazone groups is 1. The number of fused-ring (bicyclic) bond motifs is 1. The van der Waals surface area contributed by atoms with Gasteiger partial charge in [0.25, 0.3) is 22.4 Å². The number of carbonyl (C=O) groups is 1. The Morgan fingerprint density at radius 3 is 2.54 bits per heavy atom. The Morgan fingerprint density at radius 2 is 1.88 bits per heavy atom. The molecule has 0 saturated heterocycles. The Hall–Kier alpha value is -2.90. The van der Waals surface area contributed by atoms with Gasteiger partial charge < -0.3 is 15.7 Å². The largest absolute Gasteiger partial charge is 0.618 e. The lowest BCUT2D eigenvalue weighted by molar-refractivity contribution is -0.638. The van der Waals surface area contributed by atoms with Crippen LogP contribution in [-0.2, 0) is 0 Å². The van der Waals surface area contributed by atoms with Crippen molar-refractivity contribution in [2.75, 3.05) is 6.54 Å². The molecule has 0 bridgehead atoms. The van der Waals surface area contributed by atoms with Crippen molar-refractivity contribution in [3.05, 3.63) is 45.6 Å². The summed E-state index contributed by atoms with van der Waals surface area (Å²) in [5.41, 5.74) is 4.21. The van der Waals surface area contributed by atoms with Crippen LogP contribution in [0, 0.1) is 24.3 Å². The van der Waals surface area contributed by atoms with Gasteiger partial charge in [-0.1, -0.05) is 13.3 Å². The van der Waals surface area contributed by atoms with Crippen LogP contribution in [0.1, 0.15) is 36.7 Å². The summed E-state index contributed by atoms with van der Waals surface area (Å²) >= 11 is 0. The first-order valence-corrected chi connectivity index (χ1v) is 7.78. The van der Waals surface area contributed by atoms with E-state index >= 15 is 0 Å². The van der Waals surface area contributed by atoms with Gasteiger partial charge in [0.15, 0.2) is 0 Å². The maximum absolute atomic E-state index is 12.2. The SMILES string of the molecule is CCCCNC(=O)N/N=C/c1ccc2c(c1)[n+]([O-])c(C)c(C)[n+]2[O-]. The molecule has 8 heteroatoms. The minimum absolute atomic E-state index is 0.254. The van der Waals surface area contributed by atoms with Gasteiger partial charge in [-0.25, -0.2) is 10.2 Å². The smallest absolute Gasteiger partial charge is 0.335 e. The highest BCUT2D eigenvalue weighted by molar-refractivity contribution is 5.86. The molecule has 2 amide bonds. The summed E-state index contributed by atoms with van der Waals surface area (Å²) in [6.07, 6.45) is 3.32. The third kappa shape index (κ3) is 3.70. The van der Waals surface area contributed by atoms with E-state index < -0.39 is 0 Å². The van der Waals surface area contributed by atoms with Gasteiger partial charge in [-0.3, -0.25) is 0 Å². The zero-order chi connectivity index (χ0) is 17.7. The van der Waals surface area contributed by atoms with E-state index in [4.69, 9.17) is 0 Å². The van der Waals surface area contributed by atoms with E-state index in [0.717, 1.165) is 22.3 Å². The number of benzene rings is 1. The van der Waals surface area contributed by atoms with Gasteiger partial charge in [0.1, 0.15) is 0 Å². The van der Waals surface area contributed by atoms with Gasteiger partial charge in [0, 0.05) is 38.1 Å². The molecule has 0 aliphatic rings. The maximum atomic E-state index is 12.2. The van der Waals surface area contributed by atoms with Crippen LogP contribution >= 0.6 is 0 Å². The highest BCUT2D eigenvalue weighted by Gasteiger charge is 2.21. The zero-order valence-electron chi connectivity index (χ0n) is 14.0. The van der Waals surface area contributed by atoms with Gasteiger partial charge >= 0.3 is 6.03 Å². The van der Waals surface area contributed by atoms with Crippen LogP contribution < -0.4 is 20.2 Å². The normalized spacial score (nSPS) is 11.1. The van der Waals surface area contributed by atoms with Crippen molar-refractivity contribution in [1.29, 1.82) is 0 Å². The molecule has 0 aliphatic heterocycles. The van der Waals surface area contributed by atoms with Crippen LogP contribution in [0.2, 0.25) is 0 Å². The first-order chi connectivity index (χ1) is 11.5. The van der Waals surface area contributed by atoms with Gasteiger partial charge in [0.05, 0.1) is 6.21 Å². The quantitative estimate of drug-likeness (QED) is 0.282. The first-order valence-electron chi connectivity index (χ1n) is 7.78. The number of rotatable bonds is 5. The van der Waals surface area contributed by atoms with Crippen molar-refractivity contribution in [2.24, 2.45) is 5.10 Å². The van der Waals surface area contributed by atoms with Gasteiger partial charge in [-0.2, -0.15) is 14.6 Å². The molecule has 0 aliphatic carbocycles. The van der Waals surface area contributed by atoms with Crippen molar-refractivity contribution in [1.82, 2.24) is 10.7 Å². The van der Waals surface area contributed by atoms with Crippen LogP contribution in [0.15, 0.2) is 23.3 Å². The van der Waals surface area contributed by atoms with E-state index in [-0.39, 0.29) is 17.1 Å². The average molecular weight is 331 g/mol. The predicted octanol–water partition coefficient (Wildman–Crippen LogP) is 1.16. The van der Waals surface area contributed by atoms with Gasteiger partial charge in [-0.15, -0.1) is 0 Å². The molecule has 8 nitrogen and oxygen atoms in total. The lowest BCUT2D eigenvalue weighted by atomic mass is 10.2. The Morgan fingerprint density at radius 1 is 1.21 bits per heavy atom. The van der Waals surface area contributed by atoms with Crippen molar-refractivity contribution in [2.45, 2.75) is 33.6 Å². The fraction of sp³-hybridized carbons (Fsp3) is 0.375. The Bertz CT molecular complexity index is 789. The molecule has 0 fully saturated rings. The molecular formula is C16H21N5O3. The molecule has 2 N–H and O–H groups in total. The summed E-state index contributed by atoms with van der Waals surface area (Å²) in [5, 5.41) is 30.8. The molecule has 24 heavy (non-hydrogen) atoms. The molecule has 0 saturated carbocycles. The zero-order valence-corrected chi connectivity index (χ0v) is 14.0. The summed E-state index contributed by atoms with van der Waals surface area (Å²) in [6, 6.07) is 4.39. The monoisotopic (exact) mass is 331 g/mol. The van der Waals surface area contributed by atoms with Crippen LogP contribution in [0.4, 0.5) is 4.79 Å². The minimum atomic E-state index is -0.386. The molecule has 2 aromatic rings. The van der Waals surface area contributed by atoms with Crippen molar-refractivity contribution in [3.63, 3.8) is 0 Å². The topological polar surface area (TPSA) is 107 Å². The lowest BCUT2D eigenvalue weighted by Gasteiger charge is -2.09. The summed E-state index contributed by atoms with van der Waals surface area (Å²) in [6.45, 7) is 5.83. The number of hydrogen-bond donors (Lipinski definition) is 2. The molecule has 0 atom stereocenters. The van der Waals surface area contributed by atoms with E-state index in [0.29, 0.717) is 23.5 Å². The Balaban J connectivity index is 2.16. The third-order valence-electron chi connectivity index (χ3n) is 3.77. The van der Waals surface area contributed by atoms with Crippen molar-refractivity contribution < 1.29 is 14.3 Å². The van der Waals surface area contributed by atoms with Crippen molar-refractivity contribution >= 4 is 23.3 Å². The number of unbranched alkanes of at least 4 members (excludes halogenated alkanes) is 1. The highest BCUT2D eigenvalue weighted by atomic mass is 16.5. The number of nitrogens with zero attached hydrogens (tertiary/aromatic N) is 3. The molecule has 1 aromatic heterocycles. The summed E-state index contributed by atoms with van der Waals surface area (Å²) in [7, 11) is 0. The fourth-order valence-electron chi connectivity index (χ4n) is 2.19. The number of aromatic nitrogens is 2. The molecular weight excluding hydrogens is 310 g/mol. The number of amides is 2. The second-order valence-electron chi connectivity index (χ2n) is 5.49. The van der Waals surface area contributed by atoms with E-state index in [1.165, 1.54) is 6.21 Å². The maximum Gasteiger partial charge on any atom is 0.335 e. The first kappa shape index (κ1) is 17.5. The second-order valence-corrected chi connectivity index (χ2v) is 5.49. The van der Waals surface area contributed by atoms with Crippen LogP contribution in [0.5, 0.6) is 0 Å². The van der Waals surface area contributed by atoms with Crippen LogP contribution in [0.3, 0.4) is 0 Å². The highest BCUT2D eigenvalue weighted by Crippen LogP contribution is 2.10. The molecule has 1 aromatic carbocycles. The fourth-order valence-corrected chi connectivity index (χ4v) is 2.19. The van der Waals surface area contributed by atoms with Crippen molar-refractivity contribution in [3.8, 4) is 0 Å². The van der Waals surface area contributed by atoms with E-state index in [9.17, 15) is 15.2 Å². The number of nitrogens with one attached hydrogen (secondary N) is 2. The van der Waals surface area contributed by atoms with Crippen LogP contribution in [-0.4, -0.2) is 18.8 Å². The summed E-state index contributed by atoms with van der Waals surface area (Å²) < 4.78 is 1.46. The molecule has 128 valence electrons. The Labute approximate surface area is 140 Å². The molecule has 0 spiro atoms. The number of urea groups is 1. The predicted molar refractivity (Wildman–Crippen MR) is 90.4 cm³/mol. The summed E-state index contributed by atoms with van der Waals surface area (Å²) in [4.78, 5) is 11.5. The van der Waals surface area contributed by atoms with E-state index in [1.54, 1.807) is 32.0 Å². The van der Waals surface area contributed by atoms with Gasteiger partial charge in [-0.05, 0) is 12.5 Å². The lowest BCUT2D eigenvalue weighted by Crippen LogP contribution is -2.43. The van der Waals surface area contributed by atoms with E-state index in [1.807, 2.05) is 6.92 Å². The second kappa shape index (κ2) is 7.58. The molecule has 0 unspecified atom stereocenters. The van der Waals surface area contributed by atoms with Gasteiger partial charge in [0.2, 0.25) is 0 Å². The third-order valence-corrected chi connectivity index (χ3v) is 3.77. The van der Waals surface area contributed by atoms with E-state index in [2.05, 4.69) is 15.8 Å². The minimum Gasteiger partial charge on any atom is -0.618 e. The standard InChI is InChI=1S/C16H21N5O3/c1-4-5-8-17-16(22)19-18-10-13-6-7-14-15(9-13)21(24)12(3)11(2)20(14)23/h6-7,9-10H,4-5,8H2,1-3H3,(H2,17,19,22)/b18-10+.